The maximum absolute atomic E-state index is 13.8. The Labute approximate surface area is 266 Å². The zero-order valence-corrected chi connectivity index (χ0v) is 27.0. The van der Waals surface area contributed by atoms with Gasteiger partial charge in [-0.3, -0.25) is 9.59 Å². The molecule has 0 atom stereocenters. The van der Waals surface area contributed by atoms with Gasteiger partial charge in [0.1, 0.15) is 19.0 Å². The quantitative estimate of drug-likeness (QED) is 0.265. The van der Waals surface area contributed by atoms with Crippen molar-refractivity contribution in [1.29, 1.82) is 0 Å². The number of hydrogen-bond donors (Lipinski definition) is 1. The molecule has 1 aliphatic heterocycles. The summed E-state index contributed by atoms with van der Waals surface area (Å²) in [5.41, 5.74) is 5.91. The molecule has 3 aliphatic rings. The van der Waals surface area contributed by atoms with Gasteiger partial charge in [-0.25, -0.2) is 0 Å². The third-order valence-electron chi connectivity index (χ3n) is 8.89. The summed E-state index contributed by atoms with van der Waals surface area (Å²) < 4.78 is 18.5. The Hall–Kier alpha value is -4.32. The van der Waals surface area contributed by atoms with Gasteiger partial charge in [0.2, 0.25) is 0 Å². The number of carbonyl (C=O) groups is 2. The third kappa shape index (κ3) is 6.56. The number of ketones is 2. The molecule has 3 aromatic rings. The molecule has 2 aliphatic carbocycles. The van der Waals surface area contributed by atoms with Crippen molar-refractivity contribution in [3.63, 3.8) is 0 Å². The van der Waals surface area contributed by atoms with E-state index in [4.69, 9.17) is 14.2 Å². The Kier molecular flexibility index (Phi) is 8.34. The molecule has 0 fully saturated rings. The summed E-state index contributed by atoms with van der Waals surface area (Å²) in [6.07, 6.45) is 2.43. The normalized spacial score (nSPS) is 19.0. The van der Waals surface area contributed by atoms with Crippen molar-refractivity contribution in [2.24, 2.45) is 10.8 Å². The molecule has 0 saturated heterocycles. The highest BCUT2D eigenvalue weighted by Gasteiger charge is 2.47. The second kappa shape index (κ2) is 12.2. The van der Waals surface area contributed by atoms with Crippen LogP contribution in [0.5, 0.6) is 17.2 Å². The molecule has 6 rings (SSSR count). The van der Waals surface area contributed by atoms with Gasteiger partial charge in [0.05, 0.1) is 6.61 Å². The van der Waals surface area contributed by atoms with Crippen molar-refractivity contribution in [1.82, 2.24) is 5.32 Å². The molecule has 234 valence electrons. The van der Waals surface area contributed by atoms with Crippen LogP contribution in [0.4, 0.5) is 0 Å². The van der Waals surface area contributed by atoms with Crippen molar-refractivity contribution in [2.75, 3.05) is 6.61 Å². The zero-order valence-electron chi connectivity index (χ0n) is 27.0. The van der Waals surface area contributed by atoms with Crippen LogP contribution in [0.1, 0.15) is 82.9 Å². The number of allylic oxidation sites excluding steroid dienone is 4. The summed E-state index contributed by atoms with van der Waals surface area (Å²) >= 11 is 0. The van der Waals surface area contributed by atoms with E-state index in [-0.39, 0.29) is 22.4 Å². The average molecular weight is 606 g/mol. The van der Waals surface area contributed by atoms with Gasteiger partial charge in [-0.05, 0) is 59.9 Å². The summed E-state index contributed by atoms with van der Waals surface area (Å²) in [7, 11) is 0. The van der Waals surface area contributed by atoms with Crippen LogP contribution < -0.4 is 19.5 Å². The van der Waals surface area contributed by atoms with Crippen molar-refractivity contribution in [3.05, 3.63) is 112 Å². The fourth-order valence-corrected chi connectivity index (χ4v) is 6.98. The van der Waals surface area contributed by atoms with Gasteiger partial charge in [0.25, 0.3) is 0 Å². The first-order chi connectivity index (χ1) is 21.5. The number of para-hydroxylation sites is 1. The van der Waals surface area contributed by atoms with Crippen molar-refractivity contribution < 1.29 is 23.8 Å². The number of rotatable bonds is 9. The van der Waals surface area contributed by atoms with Crippen LogP contribution in [0.25, 0.3) is 0 Å². The highest BCUT2D eigenvalue weighted by molar-refractivity contribution is 6.07. The van der Waals surface area contributed by atoms with Crippen LogP contribution in [0, 0.1) is 10.8 Å². The van der Waals surface area contributed by atoms with Crippen LogP contribution in [0.3, 0.4) is 0 Å². The second-order valence-electron chi connectivity index (χ2n) is 14.0. The molecule has 1 heterocycles. The monoisotopic (exact) mass is 605 g/mol. The molecule has 0 amide bonds. The maximum atomic E-state index is 13.8. The summed E-state index contributed by atoms with van der Waals surface area (Å²) in [5, 5.41) is 3.60. The molecule has 0 radical (unpaired) electrons. The Balaban J connectivity index is 1.31. The minimum Gasteiger partial charge on any atom is -0.490 e. The SMILES string of the molecule is CCOc1cc(COc2ccccc2C2C3=C(CC(C)(C)CC3=O)NC3=C2C(=O)CC(C)(C)C3)ccc1OCc1ccccc1. The Bertz CT molecular complexity index is 1630. The number of nitrogens with one attached hydrogen (secondary N) is 1. The van der Waals surface area contributed by atoms with Gasteiger partial charge in [0.15, 0.2) is 23.1 Å². The van der Waals surface area contributed by atoms with E-state index in [1.165, 1.54) is 0 Å². The summed E-state index contributed by atoms with van der Waals surface area (Å²) in [4.78, 5) is 27.6. The van der Waals surface area contributed by atoms with Gasteiger partial charge in [0, 0.05) is 46.9 Å². The van der Waals surface area contributed by atoms with E-state index in [1.807, 2.05) is 79.7 Å². The number of Topliss-reactive ketones (excluding diaryl/α,β-unsaturated/α-hetero) is 2. The molecule has 0 spiro atoms. The number of ether oxygens (including phenoxy) is 3. The Morgan fingerprint density at radius 3 is 1.87 bits per heavy atom. The minimum absolute atomic E-state index is 0.102. The summed E-state index contributed by atoms with van der Waals surface area (Å²) in [6, 6.07) is 23.7. The average Bonchev–Trinajstić information content (AvgIpc) is 2.98. The summed E-state index contributed by atoms with van der Waals surface area (Å²) in [6.45, 7) is 11.7. The molecule has 6 heteroatoms. The lowest BCUT2D eigenvalue weighted by Gasteiger charge is -2.44. The van der Waals surface area contributed by atoms with Crippen LogP contribution >= 0.6 is 0 Å². The molecule has 0 unspecified atom stereocenters. The van der Waals surface area contributed by atoms with Gasteiger partial charge < -0.3 is 19.5 Å². The summed E-state index contributed by atoms with van der Waals surface area (Å²) in [5.74, 6) is 1.76. The Morgan fingerprint density at radius 2 is 1.22 bits per heavy atom. The number of dihydropyridines is 1. The highest BCUT2D eigenvalue weighted by Crippen LogP contribution is 2.52. The van der Waals surface area contributed by atoms with Gasteiger partial charge in [-0.1, -0.05) is 82.3 Å². The molecule has 1 N–H and O–H groups in total. The number of carbonyl (C=O) groups excluding carboxylic acids is 2. The Morgan fingerprint density at radius 1 is 0.644 bits per heavy atom. The van der Waals surface area contributed by atoms with Gasteiger partial charge in [-0.15, -0.1) is 0 Å². The van der Waals surface area contributed by atoms with Crippen molar-refractivity contribution in [2.45, 2.75) is 79.4 Å². The van der Waals surface area contributed by atoms with E-state index in [0.717, 1.165) is 52.1 Å². The molecule has 0 saturated carbocycles. The van der Waals surface area contributed by atoms with Gasteiger partial charge in [-0.2, -0.15) is 0 Å². The minimum atomic E-state index is -0.451. The first-order valence-corrected chi connectivity index (χ1v) is 16.0. The van der Waals surface area contributed by atoms with E-state index >= 15 is 0 Å². The first-order valence-electron chi connectivity index (χ1n) is 16.0. The van der Waals surface area contributed by atoms with E-state index in [9.17, 15) is 9.59 Å². The van der Waals surface area contributed by atoms with Gasteiger partial charge >= 0.3 is 0 Å². The molecular weight excluding hydrogens is 562 g/mol. The predicted octanol–water partition coefficient (Wildman–Crippen LogP) is 8.22. The standard InChI is InChI=1S/C39H43NO5/c1-6-43-34-18-26(16-17-33(34)45-23-25-12-8-7-9-13-25)24-44-32-15-11-10-14-27(32)35-36-28(19-38(2,3)21-30(36)41)40-29-20-39(4,5)22-31(42)37(29)35/h7-18,35,40H,6,19-24H2,1-5H3. The van der Waals surface area contributed by atoms with E-state index in [0.29, 0.717) is 49.9 Å². The van der Waals surface area contributed by atoms with E-state index in [1.54, 1.807) is 0 Å². The number of benzene rings is 3. The molecular formula is C39H43NO5. The van der Waals surface area contributed by atoms with Crippen molar-refractivity contribution >= 4 is 11.6 Å². The van der Waals surface area contributed by atoms with E-state index in [2.05, 4.69) is 33.0 Å². The third-order valence-corrected chi connectivity index (χ3v) is 8.89. The van der Waals surface area contributed by atoms with Crippen LogP contribution in [0.2, 0.25) is 0 Å². The molecule has 3 aromatic carbocycles. The van der Waals surface area contributed by atoms with Crippen LogP contribution in [-0.4, -0.2) is 18.2 Å². The highest BCUT2D eigenvalue weighted by atomic mass is 16.5. The van der Waals surface area contributed by atoms with Crippen molar-refractivity contribution in [3.8, 4) is 17.2 Å². The zero-order chi connectivity index (χ0) is 31.8. The molecule has 6 nitrogen and oxygen atoms in total. The first kappa shape index (κ1) is 30.7. The predicted molar refractivity (Wildman–Crippen MR) is 175 cm³/mol. The lowest BCUT2D eigenvalue weighted by Crippen LogP contribution is -2.42. The fourth-order valence-electron chi connectivity index (χ4n) is 6.98. The molecule has 0 aromatic heterocycles. The number of hydrogen-bond acceptors (Lipinski definition) is 6. The lowest BCUT2D eigenvalue weighted by molar-refractivity contribution is -0.119. The maximum Gasteiger partial charge on any atom is 0.162 e. The van der Waals surface area contributed by atoms with Crippen LogP contribution in [-0.2, 0) is 22.8 Å². The van der Waals surface area contributed by atoms with E-state index < -0.39 is 5.92 Å². The smallest absolute Gasteiger partial charge is 0.162 e. The molecule has 0 bridgehead atoms. The molecule has 45 heavy (non-hydrogen) atoms. The second-order valence-corrected chi connectivity index (χ2v) is 14.0. The fraction of sp³-hybridized carbons (Fsp3) is 0.385. The lowest BCUT2D eigenvalue weighted by atomic mass is 9.64. The largest absolute Gasteiger partial charge is 0.490 e. The van der Waals surface area contributed by atoms with Crippen LogP contribution in [0.15, 0.2) is 95.3 Å². The topological polar surface area (TPSA) is 73.9 Å².